The van der Waals surface area contributed by atoms with Crippen molar-refractivity contribution in [2.45, 2.75) is 37.8 Å². The molecule has 1 aromatic rings. The number of likely N-dealkylation sites (N-methyl/N-ethyl adjacent to an activating group) is 1. The molecule has 0 atom stereocenters. The summed E-state index contributed by atoms with van der Waals surface area (Å²) in [5.41, 5.74) is 7.09. The van der Waals surface area contributed by atoms with Crippen molar-refractivity contribution in [1.29, 1.82) is 0 Å². The molecule has 4 heteroatoms. The fourth-order valence-corrected chi connectivity index (χ4v) is 2.52. The van der Waals surface area contributed by atoms with Crippen LogP contribution in [-0.4, -0.2) is 44.2 Å². The molecule has 4 nitrogen and oxygen atoms in total. The lowest BCUT2D eigenvalue weighted by Gasteiger charge is -2.27. The Morgan fingerprint density at radius 1 is 1.25 bits per heavy atom. The van der Waals surface area contributed by atoms with Gasteiger partial charge in [0.25, 0.3) is 0 Å². The van der Waals surface area contributed by atoms with E-state index in [2.05, 4.69) is 36.4 Å². The maximum absolute atomic E-state index is 5.94. The minimum absolute atomic E-state index is 0.397. The van der Waals surface area contributed by atoms with Gasteiger partial charge in [0.15, 0.2) is 0 Å². The predicted molar refractivity (Wildman–Crippen MR) is 84.3 cm³/mol. The topological polar surface area (TPSA) is 50.5 Å². The highest BCUT2D eigenvalue weighted by atomic mass is 16.5. The Morgan fingerprint density at radius 3 is 2.70 bits per heavy atom. The summed E-state index contributed by atoms with van der Waals surface area (Å²) in [5.74, 6) is 0.935. The summed E-state index contributed by atoms with van der Waals surface area (Å²) < 4.78 is 5.76. The zero-order valence-electron chi connectivity index (χ0n) is 12.6. The van der Waals surface area contributed by atoms with Crippen LogP contribution in [0.15, 0.2) is 24.3 Å². The van der Waals surface area contributed by atoms with Crippen LogP contribution < -0.4 is 15.8 Å². The molecule has 0 spiro atoms. The summed E-state index contributed by atoms with van der Waals surface area (Å²) in [6.07, 6.45) is 4.56. The van der Waals surface area contributed by atoms with Gasteiger partial charge in [0, 0.05) is 30.4 Å². The van der Waals surface area contributed by atoms with Crippen molar-refractivity contribution in [3.63, 3.8) is 0 Å². The first-order valence-electron chi connectivity index (χ1n) is 7.53. The number of nitrogens with zero attached hydrogens (tertiary/aromatic N) is 1. The molecule has 1 fully saturated rings. The Bertz CT molecular complexity index is 400. The maximum Gasteiger partial charge on any atom is 0.121 e. The fourth-order valence-electron chi connectivity index (χ4n) is 2.52. The maximum atomic E-state index is 5.94. The fraction of sp³-hybridized carbons (Fsp3) is 0.625. The largest absolute Gasteiger partial charge is 0.492 e. The summed E-state index contributed by atoms with van der Waals surface area (Å²) in [7, 11) is 4.10. The van der Waals surface area contributed by atoms with Crippen molar-refractivity contribution >= 4 is 5.69 Å². The van der Waals surface area contributed by atoms with E-state index in [1.165, 1.54) is 0 Å². The van der Waals surface area contributed by atoms with Crippen molar-refractivity contribution in [3.05, 3.63) is 24.3 Å². The monoisotopic (exact) mass is 277 g/mol. The number of anilines is 1. The summed E-state index contributed by atoms with van der Waals surface area (Å²) in [4.78, 5) is 2.12. The molecule has 0 unspecified atom stereocenters. The lowest BCUT2D eigenvalue weighted by Crippen LogP contribution is -2.32. The number of hydrogen-bond acceptors (Lipinski definition) is 4. The van der Waals surface area contributed by atoms with E-state index in [1.807, 2.05) is 12.1 Å². The van der Waals surface area contributed by atoms with Gasteiger partial charge in [-0.3, -0.25) is 0 Å². The molecule has 0 aliphatic heterocycles. The third-order valence-corrected chi connectivity index (χ3v) is 3.78. The number of benzene rings is 1. The standard InChI is InChI=1S/C16H27N3O/c1-19(2)10-11-20-16-5-3-4-15(12-16)18-14-8-6-13(17)7-9-14/h3-5,12-14,18H,6-11,17H2,1-2H3. The van der Waals surface area contributed by atoms with Gasteiger partial charge in [0.2, 0.25) is 0 Å². The van der Waals surface area contributed by atoms with E-state index in [-0.39, 0.29) is 0 Å². The third kappa shape index (κ3) is 5.02. The van der Waals surface area contributed by atoms with E-state index in [0.717, 1.165) is 43.7 Å². The molecule has 3 N–H and O–H groups in total. The minimum Gasteiger partial charge on any atom is -0.492 e. The van der Waals surface area contributed by atoms with Gasteiger partial charge in [-0.05, 0) is 51.9 Å². The van der Waals surface area contributed by atoms with Crippen LogP contribution in [0.4, 0.5) is 5.69 Å². The van der Waals surface area contributed by atoms with Crippen molar-refractivity contribution < 1.29 is 4.74 Å². The van der Waals surface area contributed by atoms with E-state index in [0.29, 0.717) is 18.7 Å². The van der Waals surface area contributed by atoms with Gasteiger partial charge in [-0.25, -0.2) is 0 Å². The highest BCUT2D eigenvalue weighted by Gasteiger charge is 2.18. The average molecular weight is 277 g/mol. The quantitative estimate of drug-likeness (QED) is 0.838. The molecule has 0 heterocycles. The third-order valence-electron chi connectivity index (χ3n) is 3.78. The smallest absolute Gasteiger partial charge is 0.121 e. The molecule has 0 aromatic heterocycles. The van der Waals surface area contributed by atoms with E-state index in [9.17, 15) is 0 Å². The minimum atomic E-state index is 0.397. The number of rotatable bonds is 6. The zero-order chi connectivity index (χ0) is 14.4. The number of hydrogen-bond donors (Lipinski definition) is 2. The van der Waals surface area contributed by atoms with Gasteiger partial charge < -0.3 is 20.7 Å². The number of nitrogens with two attached hydrogens (primary N) is 1. The highest BCUT2D eigenvalue weighted by Crippen LogP contribution is 2.23. The van der Waals surface area contributed by atoms with Gasteiger partial charge in [-0.1, -0.05) is 6.07 Å². The first kappa shape index (κ1) is 15.1. The van der Waals surface area contributed by atoms with Crippen LogP contribution >= 0.6 is 0 Å². The van der Waals surface area contributed by atoms with Crippen LogP contribution in [-0.2, 0) is 0 Å². The van der Waals surface area contributed by atoms with Crippen LogP contribution in [0.25, 0.3) is 0 Å². The van der Waals surface area contributed by atoms with Crippen LogP contribution in [0.1, 0.15) is 25.7 Å². The van der Waals surface area contributed by atoms with Gasteiger partial charge in [0.1, 0.15) is 12.4 Å². The molecular formula is C16H27N3O. The van der Waals surface area contributed by atoms with E-state index in [1.54, 1.807) is 0 Å². The van der Waals surface area contributed by atoms with Crippen molar-refractivity contribution in [2.75, 3.05) is 32.6 Å². The van der Waals surface area contributed by atoms with Crippen molar-refractivity contribution in [1.82, 2.24) is 4.90 Å². The molecule has 20 heavy (non-hydrogen) atoms. The molecule has 0 bridgehead atoms. The molecule has 0 amide bonds. The molecule has 1 saturated carbocycles. The zero-order valence-corrected chi connectivity index (χ0v) is 12.6. The van der Waals surface area contributed by atoms with E-state index in [4.69, 9.17) is 10.5 Å². The Balaban J connectivity index is 1.82. The van der Waals surface area contributed by atoms with Crippen LogP contribution in [0.2, 0.25) is 0 Å². The lowest BCUT2D eigenvalue weighted by molar-refractivity contribution is 0.261. The van der Waals surface area contributed by atoms with E-state index >= 15 is 0 Å². The average Bonchev–Trinajstić information content (AvgIpc) is 2.41. The predicted octanol–water partition coefficient (Wildman–Crippen LogP) is 2.31. The molecule has 1 aliphatic rings. The lowest BCUT2D eigenvalue weighted by atomic mass is 9.92. The summed E-state index contributed by atoms with van der Waals surface area (Å²) in [6, 6.07) is 9.19. The first-order chi connectivity index (χ1) is 9.63. The number of nitrogens with one attached hydrogen (secondary N) is 1. The van der Waals surface area contributed by atoms with Crippen LogP contribution in [0.5, 0.6) is 5.75 Å². The summed E-state index contributed by atoms with van der Waals surface area (Å²) in [5, 5.41) is 3.60. The first-order valence-corrected chi connectivity index (χ1v) is 7.53. The van der Waals surface area contributed by atoms with Crippen LogP contribution in [0.3, 0.4) is 0 Å². The highest BCUT2D eigenvalue weighted by molar-refractivity contribution is 5.48. The van der Waals surface area contributed by atoms with E-state index < -0.39 is 0 Å². The molecular weight excluding hydrogens is 250 g/mol. The number of ether oxygens (including phenoxy) is 1. The summed E-state index contributed by atoms with van der Waals surface area (Å²) >= 11 is 0. The molecule has 1 aliphatic carbocycles. The van der Waals surface area contributed by atoms with Crippen molar-refractivity contribution in [3.8, 4) is 5.75 Å². The normalized spacial score (nSPS) is 22.8. The Morgan fingerprint density at radius 2 is 2.00 bits per heavy atom. The SMILES string of the molecule is CN(C)CCOc1cccc(NC2CCC(N)CC2)c1. The Labute approximate surface area is 122 Å². The Hall–Kier alpha value is -1.26. The van der Waals surface area contributed by atoms with Crippen LogP contribution in [0, 0.1) is 0 Å². The molecule has 0 saturated heterocycles. The molecule has 1 aromatic carbocycles. The second kappa shape index (κ2) is 7.50. The summed E-state index contributed by atoms with van der Waals surface area (Å²) in [6.45, 7) is 1.65. The molecule has 2 rings (SSSR count). The van der Waals surface area contributed by atoms with Gasteiger partial charge >= 0.3 is 0 Å². The van der Waals surface area contributed by atoms with Gasteiger partial charge in [-0.15, -0.1) is 0 Å². The molecule has 0 radical (unpaired) electrons. The molecule has 112 valence electrons. The second-order valence-corrected chi connectivity index (χ2v) is 5.94. The Kier molecular flexibility index (Phi) is 5.68. The van der Waals surface area contributed by atoms with Crippen molar-refractivity contribution in [2.24, 2.45) is 5.73 Å². The van der Waals surface area contributed by atoms with Gasteiger partial charge in [-0.2, -0.15) is 0 Å². The second-order valence-electron chi connectivity index (χ2n) is 5.94. The van der Waals surface area contributed by atoms with Gasteiger partial charge in [0.05, 0.1) is 0 Å².